The number of hydrogen-bond donors (Lipinski definition) is 1. The number of aromatic nitrogens is 2. The van der Waals surface area contributed by atoms with Gasteiger partial charge in [0.15, 0.2) is 19.7 Å². The lowest BCUT2D eigenvalue weighted by Gasteiger charge is -2.37. The number of hydrogen-bond acceptors (Lipinski definition) is 7. The molecule has 1 N–H and O–H groups in total. The van der Waals surface area contributed by atoms with Crippen molar-refractivity contribution in [1.29, 1.82) is 5.26 Å². The number of pyridine rings is 1. The SMILES string of the molecule is CC(C)(C)[Si](C)(C)OCCN1CCC(c2cc(F)c3oc(Nc4ccc5cc(C#N)ccc5n4)nc3c2)CC1. The number of likely N-dealkylation sites (tertiary alicyclic amines) is 1. The molecule has 2 aromatic heterocycles. The van der Waals surface area contributed by atoms with E-state index in [1.54, 1.807) is 30.3 Å². The van der Waals surface area contributed by atoms with Gasteiger partial charge in [-0.1, -0.05) is 20.8 Å². The Morgan fingerprint density at radius 2 is 1.87 bits per heavy atom. The van der Waals surface area contributed by atoms with Crippen molar-refractivity contribution in [1.82, 2.24) is 14.9 Å². The Balaban J connectivity index is 1.22. The van der Waals surface area contributed by atoms with E-state index in [2.05, 4.69) is 60.1 Å². The van der Waals surface area contributed by atoms with Crippen molar-refractivity contribution in [3.8, 4) is 6.07 Å². The molecule has 0 unspecified atom stereocenters. The summed E-state index contributed by atoms with van der Waals surface area (Å²) in [5, 5.41) is 13.2. The Morgan fingerprint density at radius 1 is 1.10 bits per heavy atom. The maximum Gasteiger partial charge on any atom is 0.301 e. The molecule has 0 saturated carbocycles. The molecule has 0 amide bonds. The van der Waals surface area contributed by atoms with E-state index in [9.17, 15) is 0 Å². The van der Waals surface area contributed by atoms with Crippen molar-refractivity contribution in [2.75, 3.05) is 31.6 Å². The Bertz CT molecular complexity index is 1530. The second-order valence-corrected chi connectivity index (χ2v) is 16.7. The smallest absolute Gasteiger partial charge is 0.301 e. The van der Waals surface area contributed by atoms with Gasteiger partial charge in [-0.2, -0.15) is 10.2 Å². The van der Waals surface area contributed by atoms with Gasteiger partial charge in [0, 0.05) is 18.5 Å². The number of benzene rings is 2. The predicted molar refractivity (Wildman–Crippen MR) is 155 cm³/mol. The van der Waals surface area contributed by atoms with Crippen LogP contribution in [0.1, 0.15) is 50.7 Å². The minimum absolute atomic E-state index is 0.140. The highest BCUT2D eigenvalue weighted by molar-refractivity contribution is 6.74. The number of nitrogens with zero attached hydrogens (tertiary/aromatic N) is 4. The first-order valence-corrected chi connectivity index (χ1v) is 16.5. The highest BCUT2D eigenvalue weighted by Crippen LogP contribution is 2.37. The zero-order chi connectivity index (χ0) is 27.8. The second-order valence-electron chi connectivity index (χ2n) is 11.9. The number of halogens is 1. The van der Waals surface area contributed by atoms with Gasteiger partial charge in [0.2, 0.25) is 0 Å². The van der Waals surface area contributed by atoms with Gasteiger partial charge in [-0.25, -0.2) is 9.37 Å². The number of piperidine rings is 1. The average Bonchev–Trinajstić information content (AvgIpc) is 3.31. The molecule has 0 aliphatic carbocycles. The molecule has 204 valence electrons. The fourth-order valence-electron chi connectivity index (χ4n) is 4.81. The molecule has 9 heteroatoms. The summed E-state index contributed by atoms with van der Waals surface area (Å²) in [5.41, 5.74) is 2.92. The van der Waals surface area contributed by atoms with Gasteiger partial charge in [0.1, 0.15) is 11.3 Å². The molecule has 4 aromatic rings. The van der Waals surface area contributed by atoms with Crippen molar-refractivity contribution in [2.24, 2.45) is 0 Å². The summed E-state index contributed by atoms with van der Waals surface area (Å²) in [7, 11) is -1.73. The summed E-state index contributed by atoms with van der Waals surface area (Å²) < 4.78 is 27.1. The van der Waals surface area contributed by atoms with Crippen LogP contribution in [-0.2, 0) is 4.43 Å². The van der Waals surface area contributed by atoms with E-state index in [1.807, 2.05) is 12.1 Å². The number of nitriles is 1. The summed E-state index contributed by atoms with van der Waals surface area (Å²) >= 11 is 0. The van der Waals surface area contributed by atoms with E-state index in [1.165, 1.54) is 0 Å². The molecule has 1 aliphatic heterocycles. The van der Waals surface area contributed by atoms with E-state index in [4.69, 9.17) is 14.1 Å². The van der Waals surface area contributed by atoms with Crippen LogP contribution in [-0.4, -0.2) is 49.4 Å². The van der Waals surface area contributed by atoms with Crippen molar-refractivity contribution in [3.63, 3.8) is 0 Å². The van der Waals surface area contributed by atoms with Gasteiger partial charge in [-0.15, -0.1) is 0 Å². The van der Waals surface area contributed by atoms with Crippen LogP contribution in [0.15, 0.2) is 46.9 Å². The highest BCUT2D eigenvalue weighted by atomic mass is 28.4. The molecule has 0 spiro atoms. The molecule has 0 radical (unpaired) electrons. The number of fused-ring (bicyclic) bond motifs is 2. The third kappa shape index (κ3) is 5.98. The van der Waals surface area contributed by atoms with Crippen molar-refractivity contribution in [3.05, 3.63) is 59.4 Å². The minimum Gasteiger partial charge on any atom is -0.420 e. The van der Waals surface area contributed by atoms with Crippen LogP contribution in [0.25, 0.3) is 22.0 Å². The van der Waals surface area contributed by atoms with E-state index < -0.39 is 14.1 Å². The van der Waals surface area contributed by atoms with Crippen LogP contribution in [0.3, 0.4) is 0 Å². The molecular formula is C30H36FN5O2Si. The van der Waals surface area contributed by atoms with E-state index in [-0.39, 0.29) is 22.6 Å². The van der Waals surface area contributed by atoms with Gasteiger partial charge in [0.05, 0.1) is 17.1 Å². The lowest BCUT2D eigenvalue weighted by atomic mass is 9.89. The maximum absolute atomic E-state index is 15.1. The zero-order valence-electron chi connectivity index (χ0n) is 23.3. The topological polar surface area (TPSA) is 87.2 Å². The Hall–Kier alpha value is -3.32. The molecule has 7 nitrogen and oxygen atoms in total. The van der Waals surface area contributed by atoms with Gasteiger partial charge in [-0.05, 0) is 98.0 Å². The Labute approximate surface area is 230 Å². The number of rotatable bonds is 7. The lowest BCUT2D eigenvalue weighted by molar-refractivity contribution is 0.166. The van der Waals surface area contributed by atoms with E-state index >= 15 is 4.39 Å². The molecular weight excluding hydrogens is 509 g/mol. The zero-order valence-corrected chi connectivity index (χ0v) is 24.3. The average molecular weight is 546 g/mol. The van der Waals surface area contributed by atoms with E-state index in [0.717, 1.165) is 55.5 Å². The Morgan fingerprint density at radius 3 is 2.59 bits per heavy atom. The molecule has 5 rings (SSSR count). The molecule has 0 atom stereocenters. The Kier molecular flexibility index (Phi) is 7.46. The number of anilines is 2. The molecule has 1 fully saturated rings. The van der Waals surface area contributed by atoms with Crippen molar-refractivity contribution >= 4 is 42.2 Å². The van der Waals surface area contributed by atoms with Crippen LogP contribution in [0, 0.1) is 17.1 Å². The fraction of sp³-hybridized carbons (Fsp3) is 0.433. The normalized spacial score (nSPS) is 15.6. The largest absolute Gasteiger partial charge is 0.420 e. The van der Waals surface area contributed by atoms with Crippen LogP contribution in [0.2, 0.25) is 18.1 Å². The van der Waals surface area contributed by atoms with Crippen LogP contribution >= 0.6 is 0 Å². The second kappa shape index (κ2) is 10.7. The monoisotopic (exact) mass is 545 g/mol. The van der Waals surface area contributed by atoms with Gasteiger partial charge < -0.3 is 13.7 Å². The predicted octanol–water partition coefficient (Wildman–Crippen LogP) is 7.33. The number of oxazole rings is 1. The molecule has 1 saturated heterocycles. The highest BCUT2D eigenvalue weighted by Gasteiger charge is 2.37. The fourth-order valence-corrected chi connectivity index (χ4v) is 5.85. The number of nitrogens with one attached hydrogen (secondary N) is 1. The van der Waals surface area contributed by atoms with E-state index in [0.29, 0.717) is 16.9 Å². The first-order valence-electron chi connectivity index (χ1n) is 13.6. The third-order valence-electron chi connectivity index (χ3n) is 8.26. The molecule has 0 bridgehead atoms. The van der Waals surface area contributed by atoms with Crippen LogP contribution in [0.5, 0.6) is 0 Å². The summed E-state index contributed by atoms with van der Waals surface area (Å²) in [5.74, 6) is 0.420. The summed E-state index contributed by atoms with van der Waals surface area (Å²) in [6.07, 6.45) is 1.95. The molecule has 3 heterocycles. The standard InChI is InChI=1S/C30H36FN5O2Si/c1-30(2,3)39(4,5)37-15-14-36-12-10-21(11-13-36)23-17-24(31)28-26(18-23)34-29(38-28)35-27-9-7-22-16-20(19-32)6-8-25(22)33-27/h6-9,16-18,21H,10-15H2,1-5H3,(H,33,34,35). The molecule has 1 aliphatic rings. The minimum atomic E-state index is -1.73. The summed E-state index contributed by atoms with van der Waals surface area (Å²) in [4.78, 5) is 11.5. The molecule has 2 aromatic carbocycles. The summed E-state index contributed by atoms with van der Waals surface area (Å²) in [6, 6.07) is 14.8. The lowest BCUT2D eigenvalue weighted by Crippen LogP contribution is -2.43. The molecule has 39 heavy (non-hydrogen) atoms. The van der Waals surface area contributed by atoms with Crippen LogP contribution in [0.4, 0.5) is 16.2 Å². The van der Waals surface area contributed by atoms with Gasteiger partial charge in [0.25, 0.3) is 0 Å². The van der Waals surface area contributed by atoms with Gasteiger partial charge >= 0.3 is 6.01 Å². The maximum atomic E-state index is 15.1. The van der Waals surface area contributed by atoms with Crippen molar-refractivity contribution in [2.45, 2.75) is 57.7 Å². The first kappa shape index (κ1) is 27.3. The van der Waals surface area contributed by atoms with Gasteiger partial charge in [-0.3, -0.25) is 5.32 Å². The summed E-state index contributed by atoms with van der Waals surface area (Å²) in [6.45, 7) is 15.0. The van der Waals surface area contributed by atoms with Crippen LogP contribution < -0.4 is 5.32 Å². The quantitative estimate of drug-likeness (QED) is 0.243. The van der Waals surface area contributed by atoms with Crippen molar-refractivity contribution < 1.29 is 13.2 Å². The first-order chi connectivity index (χ1) is 18.5. The third-order valence-corrected chi connectivity index (χ3v) is 12.8.